The number of unbranched alkanes of at least 4 members (excludes halogenated alkanes) is 32. The Kier molecular flexibility index (Phi) is 38.7. The summed E-state index contributed by atoms with van der Waals surface area (Å²) < 4.78 is 11.1. The highest BCUT2D eigenvalue weighted by molar-refractivity contribution is 5.76. The molecular formula is C50H99NO10. The lowest BCUT2D eigenvalue weighted by Gasteiger charge is -2.40. The predicted octanol–water partition coefficient (Wildman–Crippen LogP) is 9.45. The quantitative estimate of drug-likeness (QED) is 0.0274. The summed E-state index contributed by atoms with van der Waals surface area (Å²) in [7, 11) is 0. The summed E-state index contributed by atoms with van der Waals surface area (Å²) in [4.78, 5) is 13.1. The minimum Gasteiger partial charge on any atom is -0.394 e. The van der Waals surface area contributed by atoms with E-state index in [1.807, 2.05) is 0 Å². The van der Waals surface area contributed by atoms with Crippen LogP contribution in [0.1, 0.15) is 245 Å². The van der Waals surface area contributed by atoms with Crippen molar-refractivity contribution in [2.24, 2.45) is 0 Å². The number of aliphatic hydroxyl groups is 7. The van der Waals surface area contributed by atoms with Gasteiger partial charge in [-0.05, 0) is 12.8 Å². The van der Waals surface area contributed by atoms with Gasteiger partial charge in [0.25, 0.3) is 0 Å². The Morgan fingerprint density at radius 1 is 0.508 bits per heavy atom. The Balaban J connectivity index is 2.32. The molecule has 1 saturated heterocycles. The molecule has 0 aromatic heterocycles. The van der Waals surface area contributed by atoms with E-state index in [0.29, 0.717) is 19.3 Å². The number of carbonyl (C=O) groups excluding carboxylic acids is 1. The van der Waals surface area contributed by atoms with Gasteiger partial charge in [-0.3, -0.25) is 4.79 Å². The number of carbonyl (C=O) groups is 1. The van der Waals surface area contributed by atoms with Crippen LogP contribution >= 0.6 is 0 Å². The molecule has 0 unspecified atom stereocenters. The summed E-state index contributed by atoms with van der Waals surface area (Å²) >= 11 is 0. The molecule has 11 heteroatoms. The van der Waals surface area contributed by atoms with Gasteiger partial charge >= 0.3 is 0 Å². The molecule has 0 saturated carbocycles. The normalized spacial score (nSPS) is 21.4. The number of rotatable bonds is 44. The van der Waals surface area contributed by atoms with Gasteiger partial charge in [0.15, 0.2) is 6.29 Å². The molecule has 1 aliphatic rings. The van der Waals surface area contributed by atoms with Crippen molar-refractivity contribution in [1.29, 1.82) is 0 Å². The first-order valence-electron chi connectivity index (χ1n) is 25.9. The first-order chi connectivity index (χ1) is 29.7. The number of aliphatic hydroxyl groups excluding tert-OH is 7. The van der Waals surface area contributed by atoms with Crippen molar-refractivity contribution in [2.45, 2.75) is 300 Å². The van der Waals surface area contributed by atoms with Gasteiger partial charge in [0.2, 0.25) is 5.91 Å². The first-order valence-corrected chi connectivity index (χ1v) is 25.9. The largest absolute Gasteiger partial charge is 0.394 e. The molecule has 1 aliphatic heterocycles. The molecule has 11 nitrogen and oxygen atoms in total. The van der Waals surface area contributed by atoms with E-state index in [0.717, 1.165) is 38.5 Å². The van der Waals surface area contributed by atoms with Gasteiger partial charge in [-0.1, -0.05) is 226 Å². The molecule has 1 fully saturated rings. The highest BCUT2D eigenvalue weighted by Gasteiger charge is 2.44. The van der Waals surface area contributed by atoms with Crippen molar-refractivity contribution in [1.82, 2.24) is 5.32 Å². The van der Waals surface area contributed by atoms with Crippen molar-refractivity contribution in [3.63, 3.8) is 0 Å². The van der Waals surface area contributed by atoms with Crippen LogP contribution in [0.3, 0.4) is 0 Å². The van der Waals surface area contributed by atoms with Gasteiger partial charge < -0.3 is 50.5 Å². The summed E-state index contributed by atoms with van der Waals surface area (Å²) in [5.41, 5.74) is 0. The molecular weight excluding hydrogens is 775 g/mol. The molecule has 0 aliphatic carbocycles. The number of nitrogens with one attached hydrogen (secondary N) is 1. The molecule has 1 heterocycles. The number of amides is 1. The zero-order valence-electron chi connectivity index (χ0n) is 39.4. The first kappa shape index (κ1) is 58.1. The summed E-state index contributed by atoms with van der Waals surface area (Å²) in [6.45, 7) is 3.45. The Bertz CT molecular complexity index is 959. The van der Waals surface area contributed by atoms with Crippen LogP contribution in [0.5, 0.6) is 0 Å². The molecule has 0 aromatic carbocycles. The fourth-order valence-electron chi connectivity index (χ4n) is 8.63. The van der Waals surface area contributed by atoms with Crippen molar-refractivity contribution >= 4 is 5.91 Å². The molecule has 61 heavy (non-hydrogen) atoms. The molecule has 0 bridgehead atoms. The number of hydrogen-bond donors (Lipinski definition) is 8. The second-order valence-electron chi connectivity index (χ2n) is 18.6. The summed E-state index contributed by atoms with van der Waals surface area (Å²) in [6, 6.07) is -1.16. The van der Waals surface area contributed by atoms with E-state index in [-0.39, 0.29) is 12.3 Å². The fraction of sp³-hybridized carbons (Fsp3) is 0.980. The lowest BCUT2D eigenvalue weighted by Crippen LogP contribution is -2.60. The van der Waals surface area contributed by atoms with Gasteiger partial charge in [0.05, 0.1) is 25.4 Å². The summed E-state index contributed by atoms with van der Waals surface area (Å²) in [5.74, 6) is -0.336. The van der Waals surface area contributed by atoms with Crippen LogP contribution in [-0.2, 0) is 14.3 Å². The van der Waals surface area contributed by atoms with Crippen LogP contribution in [0, 0.1) is 0 Å². The third-order valence-corrected chi connectivity index (χ3v) is 12.9. The standard InChI is InChI=1S/C50H99NO10/c1-3-5-7-9-11-13-15-16-17-18-19-20-21-22-23-24-25-26-28-30-32-34-36-38-44(54)51-41(40-60-50-49(59)48(58)47(57)43(39-52)61-50)45(55)46(56)42(53)37-35-33-31-29-27-14-12-10-8-6-4-2/h41-43,45-50,52-53,55-59H,3-40H2,1-2H3,(H,51,54)/t41-,42-,43+,45+,46+,47-,48-,49+,50-/m0/s1. The third-order valence-electron chi connectivity index (χ3n) is 12.9. The smallest absolute Gasteiger partial charge is 0.220 e. The van der Waals surface area contributed by atoms with Crippen LogP contribution in [0.4, 0.5) is 0 Å². The van der Waals surface area contributed by atoms with Gasteiger partial charge in [-0.25, -0.2) is 0 Å². The SMILES string of the molecule is CCCCCCCCCCCCCCCCCCCCCCCCCC(=O)N[C@@H](CO[C@H]1O[C@H](CO)[C@H](O)[C@H](O)[C@H]1O)[C@@H](O)[C@H](O)[C@@H](O)CCCCCCCCCCCCC. The Hall–Kier alpha value is -0.890. The minimum atomic E-state index is -1.66. The second-order valence-corrected chi connectivity index (χ2v) is 18.6. The minimum absolute atomic E-state index is 0.222. The van der Waals surface area contributed by atoms with Gasteiger partial charge in [-0.15, -0.1) is 0 Å². The lowest BCUT2D eigenvalue weighted by molar-refractivity contribution is -0.303. The Morgan fingerprint density at radius 2 is 0.869 bits per heavy atom. The number of ether oxygens (including phenoxy) is 2. The average Bonchev–Trinajstić information content (AvgIpc) is 3.26. The zero-order valence-corrected chi connectivity index (χ0v) is 39.4. The van der Waals surface area contributed by atoms with Gasteiger partial charge in [-0.2, -0.15) is 0 Å². The highest BCUT2D eigenvalue weighted by Crippen LogP contribution is 2.23. The van der Waals surface area contributed by atoms with Crippen molar-refractivity contribution < 1.29 is 50.0 Å². The molecule has 364 valence electrons. The van der Waals surface area contributed by atoms with E-state index in [1.54, 1.807) is 0 Å². The van der Waals surface area contributed by atoms with Gasteiger partial charge in [0.1, 0.15) is 36.6 Å². The monoisotopic (exact) mass is 874 g/mol. The van der Waals surface area contributed by atoms with Crippen molar-refractivity contribution in [3.8, 4) is 0 Å². The van der Waals surface area contributed by atoms with Crippen molar-refractivity contribution in [2.75, 3.05) is 13.2 Å². The van der Waals surface area contributed by atoms with E-state index >= 15 is 0 Å². The van der Waals surface area contributed by atoms with Crippen molar-refractivity contribution in [3.05, 3.63) is 0 Å². The van der Waals surface area contributed by atoms with Crippen LogP contribution in [0.15, 0.2) is 0 Å². The predicted molar refractivity (Wildman–Crippen MR) is 247 cm³/mol. The fourth-order valence-corrected chi connectivity index (χ4v) is 8.63. The Morgan fingerprint density at radius 3 is 1.25 bits per heavy atom. The number of hydrogen-bond acceptors (Lipinski definition) is 10. The highest BCUT2D eigenvalue weighted by atomic mass is 16.7. The molecule has 1 amide bonds. The molecule has 0 aromatic rings. The molecule has 0 spiro atoms. The zero-order chi connectivity index (χ0) is 44.8. The Labute approximate surface area is 373 Å². The van der Waals surface area contributed by atoms with Crippen LogP contribution in [0.25, 0.3) is 0 Å². The van der Waals surface area contributed by atoms with E-state index in [1.165, 1.54) is 167 Å². The topological polar surface area (TPSA) is 189 Å². The summed E-state index contributed by atoms with van der Waals surface area (Å²) in [6.07, 6.45) is 31.1. The van der Waals surface area contributed by atoms with E-state index in [9.17, 15) is 40.5 Å². The summed E-state index contributed by atoms with van der Waals surface area (Å²) in [5, 5.41) is 76.0. The molecule has 0 radical (unpaired) electrons. The molecule has 1 rings (SSSR count). The van der Waals surface area contributed by atoms with Crippen LogP contribution in [-0.4, -0.2) is 110 Å². The lowest BCUT2D eigenvalue weighted by atomic mass is 9.96. The third kappa shape index (κ3) is 30.0. The van der Waals surface area contributed by atoms with E-state index in [4.69, 9.17) is 9.47 Å². The van der Waals surface area contributed by atoms with Gasteiger partial charge in [0, 0.05) is 6.42 Å². The maximum atomic E-state index is 13.1. The van der Waals surface area contributed by atoms with E-state index in [2.05, 4.69) is 19.2 Å². The molecule has 8 N–H and O–H groups in total. The molecule has 9 atom stereocenters. The average molecular weight is 874 g/mol. The maximum absolute atomic E-state index is 13.1. The van der Waals surface area contributed by atoms with E-state index < -0.39 is 68.3 Å². The van der Waals surface area contributed by atoms with Crippen LogP contribution < -0.4 is 5.32 Å². The second kappa shape index (κ2) is 40.6. The van der Waals surface area contributed by atoms with Crippen LogP contribution in [0.2, 0.25) is 0 Å². The maximum Gasteiger partial charge on any atom is 0.220 e.